The van der Waals surface area contributed by atoms with Gasteiger partial charge in [0.25, 0.3) is 0 Å². The Bertz CT molecular complexity index is 266. The number of carbonyl (C=O) groups is 1. The minimum atomic E-state index is -0.332. The van der Waals surface area contributed by atoms with Gasteiger partial charge >= 0.3 is 0 Å². The van der Waals surface area contributed by atoms with E-state index in [1.54, 1.807) is 4.90 Å². The number of aliphatic hydroxyl groups excluding tert-OH is 1. The van der Waals surface area contributed by atoms with Crippen molar-refractivity contribution in [1.82, 2.24) is 10.2 Å². The van der Waals surface area contributed by atoms with Crippen molar-refractivity contribution in [2.24, 2.45) is 5.92 Å². The molecule has 2 unspecified atom stereocenters. The molecule has 2 saturated carbocycles. The summed E-state index contributed by atoms with van der Waals surface area (Å²) in [4.78, 5) is 13.7. The van der Waals surface area contributed by atoms with Crippen LogP contribution in [-0.2, 0) is 4.79 Å². The van der Waals surface area contributed by atoms with E-state index in [-0.39, 0.29) is 18.1 Å². The first-order valence-corrected chi connectivity index (χ1v) is 6.83. The third-order valence-electron chi connectivity index (χ3n) is 3.99. The molecule has 2 rings (SSSR count). The fourth-order valence-corrected chi connectivity index (χ4v) is 2.56. The van der Waals surface area contributed by atoms with Gasteiger partial charge in [0.15, 0.2) is 0 Å². The van der Waals surface area contributed by atoms with E-state index < -0.39 is 0 Å². The third-order valence-corrected chi connectivity index (χ3v) is 3.99. The topological polar surface area (TPSA) is 52.6 Å². The quantitative estimate of drug-likeness (QED) is 0.745. The summed E-state index contributed by atoms with van der Waals surface area (Å²) in [5, 5.41) is 13.1. The third kappa shape index (κ3) is 3.68. The highest BCUT2D eigenvalue weighted by Crippen LogP contribution is 2.27. The van der Waals surface area contributed by atoms with Crippen molar-refractivity contribution < 1.29 is 9.90 Å². The van der Waals surface area contributed by atoms with Crippen LogP contribution in [0.25, 0.3) is 0 Å². The monoisotopic (exact) mass is 240 g/mol. The molecule has 0 spiro atoms. The lowest BCUT2D eigenvalue weighted by Crippen LogP contribution is -2.49. The molecule has 0 saturated heterocycles. The van der Waals surface area contributed by atoms with Crippen LogP contribution in [0.2, 0.25) is 0 Å². The molecule has 4 nitrogen and oxygen atoms in total. The molecule has 17 heavy (non-hydrogen) atoms. The molecule has 0 bridgehead atoms. The predicted octanol–water partition coefficient (Wildman–Crippen LogP) is 0.748. The molecular weight excluding hydrogens is 216 g/mol. The molecule has 2 aliphatic rings. The largest absolute Gasteiger partial charge is 0.391 e. The highest BCUT2D eigenvalue weighted by Gasteiger charge is 2.29. The number of hydrogen-bond acceptors (Lipinski definition) is 3. The van der Waals surface area contributed by atoms with Gasteiger partial charge in [0.05, 0.1) is 18.7 Å². The van der Waals surface area contributed by atoms with Crippen molar-refractivity contribution in [2.45, 2.75) is 50.7 Å². The molecule has 0 aromatic carbocycles. The molecule has 0 aromatic rings. The minimum Gasteiger partial charge on any atom is -0.391 e. The number of hydrogen-bond donors (Lipinski definition) is 2. The maximum atomic E-state index is 11.9. The smallest absolute Gasteiger partial charge is 0.236 e. The summed E-state index contributed by atoms with van der Waals surface area (Å²) in [6.07, 6.45) is 6.25. The lowest BCUT2D eigenvalue weighted by Gasteiger charge is -2.35. The Balaban J connectivity index is 1.72. The summed E-state index contributed by atoms with van der Waals surface area (Å²) in [5.41, 5.74) is 0. The first-order valence-electron chi connectivity index (χ1n) is 6.83. The Morgan fingerprint density at radius 2 is 2.00 bits per heavy atom. The molecule has 2 aliphatic carbocycles. The van der Waals surface area contributed by atoms with E-state index in [4.69, 9.17) is 0 Å². The first-order chi connectivity index (χ1) is 8.18. The van der Waals surface area contributed by atoms with Crippen LogP contribution < -0.4 is 5.32 Å². The Kier molecular flexibility index (Phi) is 4.40. The van der Waals surface area contributed by atoms with E-state index in [1.807, 2.05) is 7.05 Å². The van der Waals surface area contributed by atoms with Crippen molar-refractivity contribution in [3.8, 4) is 0 Å². The maximum absolute atomic E-state index is 11.9. The second-order valence-electron chi connectivity index (χ2n) is 5.50. The van der Waals surface area contributed by atoms with Gasteiger partial charge in [-0.2, -0.15) is 0 Å². The Morgan fingerprint density at radius 3 is 2.65 bits per heavy atom. The molecule has 0 radical (unpaired) electrons. The van der Waals surface area contributed by atoms with Crippen LogP contribution in [0, 0.1) is 5.92 Å². The minimum absolute atomic E-state index is 0.0268. The number of carbonyl (C=O) groups excluding carboxylic acids is 1. The van der Waals surface area contributed by atoms with Gasteiger partial charge in [0, 0.05) is 7.05 Å². The molecule has 2 N–H and O–H groups in total. The van der Waals surface area contributed by atoms with E-state index in [9.17, 15) is 9.90 Å². The van der Waals surface area contributed by atoms with Gasteiger partial charge in [-0.05, 0) is 38.1 Å². The summed E-state index contributed by atoms with van der Waals surface area (Å²) < 4.78 is 0. The summed E-state index contributed by atoms with van der Waals surface area (Å²) in [6.45, 7) is 1.38. The van der Waals surface area contributed by atoms with Crippen molar-refractivity contribution in [1.29, 1.82) is 0 Å². The Labute approximate surface area is 103 Å². The number of nitrogens with one attached hydrogen (secondary N) is 1. The fourth-order valence-electron chi connectivity index (χ4n) is 2.56. The molecule has 1 amide bonds. The summed E-state index contributed by atoms with van der Waals surface area (Å²) in [6, 6.07) is 0.0268. The normalized spacial score (nSPS) is 29.1. The van der Waals surface area contributed by atoms with Gasteiger partial charge in [-0.15, -0.1) is 0 Å². The summed E-state index contributed by atoms with van der Waals surface area (Å²) in [7, 11) is 1.82. The first kappa shape index (κ1) is 12.8. The highest BCUT2D eigenvalue weighted by molar-refractivity contribution is 5.78. The number of nitrogens with zero attached hydrogens (tertiary/aromatic N) is 1. The predicted molar refractivity (Wildman–Crippen MR) is 66.6 cm³/mol. The van der Waals surface area contributed by atoms with Gasteiger partial charge in [-0.3, -0.25) is 4.79 Å². The molecular formula is C13H24N2O2. The van der Waals surface area contributed by atoms with Crippen LogP contribution in [0.1, 0.15) is 38.5 Å². The van der Waals surface area contributed by atoms with Crippen LogP contribution in [0.4, 0.5) is 0 Å². The van der Waals surface area contributed by atoms with Gasteiger partial charge in [0.1, 0.15) is 0 Å². The molecule has 0 heterocycles. The Morgan fingerprint density at radius 1 is 1.29 bits per heavy atom. The standard InChI is InChI=1S/C13H24N2O2/c1-15(11-4-2-3-5-12(11)16)13(17)9-14-8-10-6-7-10/h10-12,14,16H,2-9H2,1H3. The van der Waals surface area contributed by atoms with Crippen molar-refractivity contribution in [3.05, 3.63) is 0 Å². The van der Waals surface area contributed by atoms with Gasteiger partial charge < -0.3 is 15.3 Å². The average Bonchev–Trinajstić information content (AvgIpc) is 3.13. The molecule has 0 aliphatic heterocycles. The molecule has 2 atom stereocenters. The zero-order valence-electron chi connectivity index (χ0n) is 10.7. The van der Waals surface area contributed by atoms with Crippen LogP contribution in [0.3, 0.4) is 0 Å². The number of rotatable bonds is 5. The van der Waals surface area contributed by atoms with E-state index in [0.717, 1.165) is 38.1 Å². The van der Waals surface area contributed by atoms with Crippen molar-refractivity contribution >= 4 is 5.91 Å². The molecule has 4 heteroatoms. The second-order valence-corrected chi connectivity index (χ2v) is 5.50. The van der Waals surface area contributed by atoms with Gasteiger partial charge in [-0.1, -0.05) is 12.8 Å². The van der Waals surface area contributed by atoms with E-state index >= 15 is 0 Å². The van der Waals surface area contributed by atoms with Crippen LogP contribution in [0.15, 0.2) is 0 Å². The number of aliphatic hydroxyl groups is 1. The van der Waals surface area contributed by atoms with Crippen molar-refractivity contribution in [3.63, 3.8) is 0 Å². The van der Waals surface area contributed by atoms with Gasteiger partial charge in [-0.25, -0.2) is 0 Å². The van der Waals surface area contributed by atoms with E-state index in [0.29, 0.717) is 6.54 Å². The Hall–Kier alpha value is -0.610. The molecule has 0 aromatic heterocycles. The zero-order valence-corrected chi connectivity index (χ0v) is 10.7. The molecule has 2 fully saturated rings. The van der Waals surface area contributed by atoms with E-state index in [1.165, 1.54) is 12.8 Å². The average molecular weight is 240 g/mol. The molecule has 98 valence electrons. The fraction of sp³-hybridized carbons (Fsp3) is 0.923. The van der Waals surface area contributed by atoms with E-state index in [2.05, 4.69) is 5.32 Å². The summed E-state index contributed by atoms with van der Waals surface area (Å²) in [5.74, 6) is 0.907. The second kappa shape index (κ2) is 5.83. The maximum Gasteiger partial charge on any atom is 0.236 e. The zero-order chi connectivity index (χ0) is 12.3. The SMILES string of the molecule is CN(C(=O)CNCC1CC1)C1CCCCC1O. The van der Waals surface area contributed by atoms with Gasteiger partial charge in [0.2, 0.25) is 5.91 Å². The lowest BCUT2D eigenvalue weighted by atomic mass is 9.91. The lowest BCUT2D eigenvalue weighted by molar-refractivity contribution is -0.134. The number of amides is 1. The number of likely N-dealkylation sites (N-methyl/N-ethyl adjacent to an activating group) is 1. The van der Waals surface area contributed by atoms with Crippen LogP contribution in [-0.4, -0.2) is 48.2 Å². The van der Waals surface area contributed by atoms with Crippen molar-refractivity contribution in [2.75, 3.05) is 20.1 Å². The van der Waals surface area contributed by atoms with Crippen LogP contribution in [0.5, 0.6) is 0 Å². The summed E-state index contributed by atoms with van der Waals surface area (Å²) >= 11 is 0. The highest BCUT2D eigenvalue weighted by atomic mass is 16.3. The van der Waals surface area contributed by atoms with Crippen LogP contribution >= 0.6 is 0 Å².